The summed E-state index contributed by atoms with van der Waals surface area (Å²) < 4.78 is 18.8. The third-order valence-corrected chi connectivity index (χ3v) is 5.99. The van der Waals surface area contributed by atoms with Crippen LogP contribution in [0.25, 0.3) is 5.76 Å². The second-order valence-corrected chi connectivity index (χ2v) is 8.27. The number of carbonyl (C=O) groups excluding carboxylic acids is 2. The summed E-state index contributed by atoms with van der Waals surface area (Å²) in [6, 6.07) is 14.7. The van der Waals surface area contributed by atoms with Crippen LogP contribution in [0.15, 0.2) is 66.2 Å². The van der Waals surface area contributed by atoms with Gasteiger partial charge in [-0.1, -0.05) is 41.4 Å². The Balaban J connectivity index is 1.97. The van der Waals surface area contributed by atoms with Crippen molar-refractivity contribution in [2.24, 2.45) is 0 Å². The van der Waals surface area contributed by atoms with E-state index in [0.29, 0.717) is 22.6 Å². The van der Waals surface area contributed by atoms with Gasteiger partial charge in [-0.25, -0.2) is 4.39 Å². The number of benzene rings is 3. The average molecular weight is 466 g/mol. The third-order valence-electron chi connectivity index (χ3n) is 5.69. The Morgan fingerprint density at radius 3 is 2.36 bits per heavy atom. The highest BCUT2D eigenvalue weighted by atomic mass is 35.5. The summed E-state index contributed by atoms with van der Waals surface area (Å²) in [7, 11) is 1.47. The van der Waals surface area contributed by atoms with Crippen LogP contribution in [-0.2, 0) is 9.59 Å². The maximum atomic E-state index is 13.7. The predicted molar refractivity (Wildman–Crippen MR) is 125 cm³/mol. The molecule has 1 amide bonds. The number of amides is 1. The lowest BCUT2D eigenvalue weighted by molar-refractivity contribution is -0.132. The summed E-state index contributed by atoms with van der Waals surface area (Å²) in [6.45, 7) is 3.67. The molecule has 4 rings (SSSR count). The maximum Gasteiger partial charge on any atom is 0.300 e. The zero-order valence-electron chi connectivity index (χ0n) is 18.2. The van der Waals surface area contributed by atoms with Gasteiger partial charge in [-0.2, -0.15) is 0 Å². The number of aliphatic hydroxyl groups excluding tert-OH is 1. The first-order valence-corrected chi connectivity index (χ1v) is 10.6. The van der Waals surface area contributed by atoms with Crippen LogP contribution in [-0.4, -0.2) is 23.9 Å². The Labute approximate surface area is 195 Å². The predicted octanol–water partition coefficient (Wildman–Crippen LogP) is 5.73. The highest BCUT2D eigenvalue weighted by Crippen LogP contribution is 2.44. The molecule has 1 unspecified atom stereocenters. The van der Waals surface area contributed by atoms with E-state index < -0.39 is 23.5 Å². The number of methoxy groups -OCH3 is 1. The van der Waals surface area contributed by atoms with Gasteiger partial charge in [-0.3, -0.25) is 14.5 Å². The Morgan fingerprint density at radius 1 is 1.03 bits per heavy atom. The SMILES string of the molecule is COc1ccc(N2C(=O)C(=O)/C(=C(/O)c3cc(C)ccc3C)C2c2ccc(F)cc2)cc1Cl. The van der Waals surface area contributed by atoms with E-state index in [9.17, 15) is 19.1 Å². The summed E-state index contributed by atoms with van der Waals surface area (Å²) in [4.78, 5) is 27.7. The number of halogens is 2. The van der Waals surface area contributed by atoms with Crippen LogP contribution in [0.5, 0.6) is 5.75 Å². The lowest BCUT2D eigenvalue weighted by atomic mass is 9.93. The van der Waals surface area contributed by atoms with Gasteiger partial charge in [0, 0.05) is 11.3 Å². The molecule has 0 aromatic heterocycles. The van der Waals surface area contributed by atoms with Gasteiger partial charge in [0.2, 0.25) is 0 Å². The van der Waals surface area contributed by atoms with Crippen molar-refractivity contribution in [3.8, 4) is 5.75 Å². The van der Waals surface area contributed by atoms with Gasteiger partial charge in [0.05, 0.1) is 23.7 Å². The number of rotatable bonds is 4. The molecule has 3 aromatic carbocycles. The van der Waals surface area contributed by atoms with Crippen LogP contribution < -0.4 is 9.64 Å². The van der Waals surface area contributed by atoms with E-state index in [1.165, 1.54) is 42.3 Å². The number of Topliss-reactive ketones (excluding diaryl/α,β-unsaturated/α-hetero) is 1. The summed E-state index contributed by atoms with van der Waals surface area (Å²) in [5.74, 6) is -2.00. The molecule has 7 heteroatoms. The van der Waals surface area contributed by atoms with Gasteiger partial charge in [0.15, 0.2) is 0 Å². The first kappa shape index (κ1) is 22.6. The van der Waals surface area contributed by atoms with E-state index in [4.69, 9.17) is 16.3 Å². The van der Waals surface area contributed by atoms with Gasteiger partial charge in [-0.15, -0.1) is 0 Å². The lowest BCUT2D eigenvalue weighted by Gasteiger charge is -2.26. The molecule has 0 saturated carbocycles. The number of aryl methyl sites for hydroxylation is 2. The molecule has 1 aliphatic rings. The number of anilines is 1. The number of aliphatic hydroxyl groups is 1. The van der Waals surface area contributed by atoms with Crippen LogP contribution in [0.3, 0.4) is 0 Å². The number of hydrogen-bond acceptors (Lipinski definition) is 4. The van der Waals surface area contributed by atoms with E-state index in [-0.39, 0.29) is 16.4 Å². The summed E-state index contributed by atoms with van der Waals surface area (Å²) >= 11 is 6.28. The largest absolute Gasteiger partial charge is 0.507 e. The number of ketones is 1. The Hall–Kier alpha value is -3.64. The zero-order chi connectivity index (χ0) is 23.9. The molecule has 1 N–H and O–H groups in total. The number of ether oxygens (including phenoxy) is 1. The molecule has 0 bridgehead atoms. The van der Waals surface area contributed by atoms with Gasteiger partial charge in [-0.05, 0) is 61.4 Å². The molecule has 0 aliphatic carbocycles. The van der Waals surface area contributed by atoms with E-state index in [1.54, 1.807) is 25.1 Å². The highest BCUT2D eigenvalue weighted by Gasteiger charge is 2.47. The molecule has 1 heterocycles. The zero-order valence-corrected chi connectivity index (χ0v) is 19.0. The second kappa shape index (κ2) is 8.71. The molecule has 1 atom stereocenters. The number of hydrogen-bond donors (Lipinski definition) is 1. The normalized spacial score (nSPS) is 17.5. The van der Waals surface area contributed by atoms with Gasteiger partial charge >= 0.3 is 0 Å². The fraction of sp³-hybridized carbons (Fsp3) is 0.154. The first-order valence-electron chi connectivity index (χ1n) is 10.2. The minimum Gasteiger partial charge on any atom is -0.507 e. The van der Waals surface area contributed by atoms with Crippen molar-refractivity contribution in [2.75, 3.05) is 12.0 Å². The number of nitrogens with zero attached hydrogens (tertiary/aromatic N) is 1. The van der Waals surface area contributed by atoms with Crippen LogP contribution in [0, 0.1) is 19.7 Å². The van der Waals surface area contributed by atoms with Gasteiger partial charge in [0.25, 0.3) is 11.7 Å². The Morgan fingerprint density at radius 2 is 1.73 bits per heavy atom. The van der Waals surface area contributed by atoms with Crippen LogP contribution in [0.2, 0.25) is 5.02 Å². The first-order chi connectivity index (χ1) is 15.7. The monoisotopic (exact) mass is 465 g/mol. The van der Waals surface area contributed by atoms with Crippen molar-refractivity contribution < 1.29 is 23.8 Å². The summed E-state index contributed by atoms with van der Waals surface area (Å²) in [5, 5.41) is 11.5. The molecule has 1 aliphatic heterocycles. The second-order valence-electron chi connectivity index (χ2n) is 7.86. The topological polar surface area (TPSA) is 66.8 Å². The Kier molecular flexibility index (Phi) is 5.95. The molecule has 0 radical (unpaired) electrons. The third kappa shape index (κ3) is 3.98. The van der Waals surface area contributed by atoms with Crippen LogP contribution >= 0.6 is 11.6 Å². The van der Waals surface area contributed by atoms with Crippen LogP contribution in [0.1, 0.15) is 28.3 Å². The van der Waals surface area contributed by atoms with Gasteiger partial charge < -0.3 is 9.84 Å². The standard InChI is InChI=1S/C26H21ClFNO4/c1-14-4-5-15(2)19(12-14)24(30)22-23(16-6-8-17(28)9-7-16)29(26(32)25(22)31)18-10-11-21(33-3)20(27)13-18/h4-13,23,30H,1-3H3/b24-22+. The molecule has 1 saturated heterocycles. The minimum absolute atomic E-state index is 0.0766. The van der Waals surface area contributed by atoms with Gasteiger partial charge in [0.1, 0.15) is 17.3 Å². The lowest BCUT2D eigenvalue weighted by Crippen LogP contribution is -2.29. The van der Waals surface area contributed by atoms with Crippen molar-refractivity contribution >= 4 is 34.7 Å². The number of carbonyl (C=O) groups is 2. The molecule has 5 nitrogen and oxygen atoms in total. The van der Waals surface area contributed by atoms with E-state index in [0.717, 1.165) is 11.1 Å². The molecule has 33 heavy (non-hydrogen) atoms. The van der Waals surface area contributed by atoms with Crippen molar-refractivity contribution in [2.45, 2.75) is 19.9 Å². The quantitative estimate of drug-likeness (QED) is 0.303. The molecular weight excluding hydrogens is 445 g/mol. The van der Waals surface area contributed by atoms with Crippen molar-refractivity contribution in [3.63, 3.8) is 0 Å². The fourth-order valence-electron chi connectivity index (χ4n) is 4.00. The van der Waals surface area contributed by atoms with E-state index in [1.807, 2.05) is 19.1 Å². The molecule has 0 spiro atoms. The molecular formula is C26H21ClFNO4. The van der Waals surface area contributed by atoms with E-state index in [2.05, 4.69) is 0 Å². The van der Waals surface area contributed by atoms with Crippen molar-refractivity contribution in [1.82, 2.24) is 0 Å². The average Bonchev–Trinajstić information content (AvgIpc) is 3.06. The maximum absolute atomic E-state index is 13.7. The van der Waals surface area contributed by atoms with Crippen LogP contribution in [0.4, 0.5) is 10.1 Å². The summed E-state index contributed by atoms with van der Waals surface area (Å²) in [5.41, 5.74) is 2.82. The fourth-order valence-corrected chi connectivity index (χ4v) is 4.25. The summed E-state index contributed by atoms with van der Waals surface area (Å²) in [6.07, 6.45) is 0. The minimum atomic E-state index is -0.977. The molecule has 3 aromatic rings. The Bertz CT molecular complexity index is 1300. The highest BCUT2D eigenvalue weighted by molar-refractivity contribution is 6.51. The smallest absolute Gasteiger partial charge is 0.300 e. The molecule has 1 fully saturated rings. The molecule has 168 valence electrons. The van der Waals surface area contributed by atoms with Crippen molar-refractivity contribution in [1.29, 1.82) is 0 Å². The van der Waals surface area contributed by atoms with Crippen molar-refractivity contribution in [3.05, 3.63) is 99.3 Å². The van der Waals surface area contributed by atoms with E-state index >= 15 is 0 Å².